The van der Waals surface area contributed by atoms with Gasteiger partial charge in [0.15, 0.2) is 11.5 Å². The number of pyridine rings is 1. The van der Waals surface area contributed by atoms with Crippen LogP contribution < -0.4 is 20.1 Å². The number of hydrogen-bond acceptors (Lipinski definition) is 8. The van der Waals surface area contributed by atoms with Crippen molar-refractivity contribution in [2.75, 3.05) is 24.0 Å². The maximum absolute atomic E-state index is 9.31. The fourth-order valence-corrected chi connectivity index (χ4v) is 2.63. The number of ether oxygens (including phenoxy) is 2. The summed E-state index contributed by atoms with van der Waals surface area (Å²) < 4.78 is 10.8. The van der Waals surface area contributed by atoms with E-state index in [0.29, 0.717) is 17.5 Å². The molecule has 0 bridgehead atoms. The summed E-state index contributed by atoms with van der Waals surface area (Å²) in [6, 6.07) is 11.1. The molecule has 4 rings (SSSR count). The molecule has 0 radical (unpaired) electrons. The van der Waals surface area contributed by atoms with Gasteiger partial charge in [0.2, 0.25) is 12.7 Å². The van der Waals surface area contributed by atoms with E-state index in [4.69, 9.17) is 9.47 Å². The second kappa shape index (κ2) is 7.46. The molecule has 3 aromatic rings. The van der Waals surface area contributed by atoms with Crippen molar-refractivity contribution in [3.05, 3.63) is 48.8 Å². The summed E-state index contributed by atoms with van der Waals surface area (Å²) in [6.07, 6.45) is 3.43. The summed E-state index contributed by atoms with van der Waals surface area (Å²) in [5.41, 5.74) is 2.48. The van der Waals surface area contributed by atoms with Crippen LogP contribution >= 0.6 is 0 Å². The van der Waals surface area contributed by atoms with Gasteiger partial charge >= 0.3 is 0 Å². The Hall–Kier alpha value is -3.39. The molecule has 1 atom stereocenters. The molecule has 0 spiro atoms. The van der Waals surface area contributed by atoms with Crippen LogP contribution in [0.3, 0.4) is 0 Å². The van der Waals surface area contributed by atoms with Crippen molar-refractivity contribution in [3.8, 4) is 22.8 Å². The van der Waals surface area contributed by atoms with E-state index in [-0.39, 0.29) is 19.4 Å². The number of hydrogen-bond donors (Lipinski definition) is 3. The average molecular weight is 365 g/mol. The zero-order valence-electron chi connectivity index (χ0n) is 14.7. The SMILES string of the molecule is C[C@H](CO)Nc1nc(Nc2ccc3c(c2)OCO3)cc(-c2ccncc2)n1. The third-order valence-electron chi connectivity index (χ3n) is 4.00. The number of fused-ring (bicyclic) bond motifs is 1. The first-order valence-corrected chi connectivity index (χ1v) is 8.55. The van der Waals surface area contributed by atoms with Crippen molar-refractivity contribution in [2.24, 2.45) is 0 Å². The molecule has 0 amide bonds. The third-order valence-corrected chi connectivity index (χ3v) is 4.00. The normalized spacial score (nSPS) is 13.3. The van der Waals surface area contributed by atoms with Crippen LogP contribution in [0, 0.1) is 0 Å². The minimum absolute atomic E-state index is 0.0201. The summed E-state index contributed by atoms with van der Waals surface area (Å²) >= 11 is 0. The number of anilines is 3. The average Bonchev–Trinajstić information content (AvgIpc) is 3.16. The van der Waals surface area contributed by atoms with E-state index < -0.39 is 0 Å². The Morgan fingerprint density at radius 1 is 1.07 bits per heavy atom. The van der Waals surface area contributed by atoms with E-state index in [9.17, 15) is 5.11 Å². The van der Waals surface area contributed by atoms with Gasteiger partial charge in [-0.3, -0.25) is 4.98 Å². The third kappa shape index (κ3) is 3.90. The van der Waals surface area contributed by atoms with Gasteiger partial charge in [-0.2, -0.15) is 4.98 Å². The van der Waals surface area contributed by atoms with Crippen molar-refractivity contribution in [1.82, 2.24) is 15.0 Å². The van der Waals surface area contributed by atoms with E-state index in [1.54, 1.807) is 12.4 Å². The molecule has 3 heterocycles. The lowest BCUT2D eigenvalue weighted by Gasteiger charge is -2.14. The maximum Gasteiger partial charge on any atom is 0.231 e. The van der Waals surface area contributed by atoms with Crippen LogP contribution in [0.1, 0.15) is 6.92 Å². The lowest BCUT2D eigenvalue weighted by Crippen LogP contribution is -2.21. The second-order valence-electron chi connectivity index (χ2n) is 6.12. The molecule has 8 heteroatoms. The molecule has 138 valence electrons. The Labute approximate surface area is 156 Å². The highest BCUT2D eigenvalue weighted by Gasteiger charge is 2.14. The molecule has 0 saturated heterocycles. The van der Waals surface area contributed by atoms with Crippen molar-refractivity contribution < 1.29 is 14.6 Å². The number of rotatable bonds is 6. The van der Waals surface area contributed by atoms with Crippen molar-refractivity contribution >= 4 is 17.5 Å². The van der Waals surface area contributed by atoms with Crippen LogP contribution in [0.15, 0.2) is 48.8 Å². The Bertz CT molecular complexity index is 936. The Balaban J connectivity index is 1.67. The van der Waals surface area contributed by atoms with E-state index in [2.05, 4.69) is 25.6 Å². The molecule has 1 aromatic carbocycles. The Morgan fingerprint density at radius 2 is 1.89 bits per heavy atom. The molecule has 0 saturated carbocycles. The molecule has 1 aliphatic heterocycles. The zero-order chi connectivity index (χ0) is 18.6. The quantitative estimate of drug-likeness (QED) is 0.613. The highest BCUT2D eigenvalue weighted by molar-refractivity contribution is 5.68. The minimum atomic E-state index is -0.170. The highest BCUT2D eigenvalue weighted by atomic mass is 16.7. The number of nitrogens with zero attached hydrogens (tertiary/aromatic N) is 3. The summed E-state index contributed by atoms with van der Waals surface area (Å²) in [7, 11) is 0. The van der Waals surface area contributed by atoms with Gasteiger partial charge < -0.3 is 25.2 Å². The second-order valence-corrected chi connectivity index (χ2v) is 6.12. The van der Waals surface area contributed by atoms with Crippen LogP contribution in [-0.2, 0) is 0 Å². The van der Waals surface area contributed by atoms with Crippen molar-refractivity contribution in [1.29, 1.82) is 0 Å². The Kier molecular flexibility index (Phi) is 4.71. The standard InChI is InChI=1S/C19H19N5O3/c1-12(10-25)21-19-23-15(13-4-6-20-7-5-13)9-18(24-19)22-14-2-3-16-17(8-14)27-11-26-16/h2-9,12,25H,10-11H2,1H3,(H2,21,22,23,24)/t12-/m1/s1. The number of aromatic nitrogens is 3. The van der Waals surface area contributed by atoms with Gasteiger partial charge in [-0.25, -0.2) is 4.98 Å². The molecule has 1 aliphatic rings. The first-order valence-electron chi connectivity index (χ1n) is 8.55. The fraction of sp³-hybridized carbons (Fsp3) is 0.211. The molecule has 0 unspecified atom stereocenters. The predicted molar refractivity (Wildman–Crippen MR) is 101 cm³/mol. The molecular weight excluding hydrogens is 346 g/mol. The van der Waals surface area contributed by atoms with E-state index in [1.807, 2.05) is 43.3 Å². The van der Waals surface area contributed by atoms with E-state index >= 15 is 0 Å². The Morgan fingerprint density at radius 3 is 2.70 bits per heavy atom. The predicted octanol–water partition coefficient (Wildman–Crippen LogP) is 2.80. The van der Waals surface area contributed by atoms with Crippen molar-refractivity contribution in [2.45, 2.75) is 13.0 Å². The van der Waals surface area contributed by atoms with Gasteiger partial charge in [0.25, 0.3) is 0 Å². The minimum Gasteiger partial charge on any atom is -0.454 e. The fourth-order valence-electron chi connectivity index (χ4n) is 2.63. The van der Waals surface area contributed by atoms with Gasteiger partial charge in [-0.1, -0.05) is 0 Å². The monoisotopic (exact) mass is 365 g/mol. The smallest absolute Gasteiger partial charge is 0.231 e. The van der Waals surface area contributed by atoms with Gasteiger partial charge in [0.05, 0.1) is 12.3 Å². The van der Waals surface area contributed by atoms with E-state index in [1.165, 1.54) is 0 Å². The molecule has 27 heavy (non-hydrogen) atoms. The molecule has 0 aliphatic carbocycles. The molecule has 0 fully saturated rings. The number of aliphatic hydroxyl groups excluding tert-OH is 1. The van der Waals surface area contributed by atoms with E-state index in [0.717, 1.165) is 22.7 Å². The first kappa shape index (κ1) is 17.0. The van der Waals surface area contributed by atoms with Crippen LogP contribution in [-0.4, -0.2) is 39.5 Å². The van der Waals surface area contributed by atoms with Gasteiger partial charge in [0.1, 0.15) is 5.82 Å². The topological polar surface area (TPSA) is 101 Å². The zero-order valence-corrected chi connectivity index (χ0v) is 14.7. The lowest BCUT2D eigenvalue weighted by molar-refractivity contribution is 0.174. The van der Waals surface area contributed by atoms with Crippen LogP contribution in [0.5, 0.6) is 11.5 Å². The first-order chi connectivity index (χ1) is 13.2. The largest absolute Gasteiger partial charge is 0.454 e. The van der Waals surface area contributed by atoms with Gasteiger partial charge in [-0.05, 0) is 31.2 Å². The summed E-state index contributed by atoms with van der Waals surface area (Å²) in [4.78, 5) is 13.1. The molecular formula is C19H19N5O3. The van der Waals surface area contributed by atoms with Gasteiger partial charge in [-0.15, -0.1) is 0 Å². The molecule has 2 aromatic heterocycles. The van der Waals surface area contributed by atoms with Gasteiger partial charge in [0, 0.05) is 41.8 Å². The molecule has 8 nitrogen and oxygen atoms in total. The van der Waals surface area contributed by atoms with Crippen LogP contribution in [0.4, 0.5) is 17.5 Å². The van der Waals surface area contributed by atoms with Crippen LogP contribution in [0.25, 0.3) is 11.3 Å². The highest BCUT2D eigenvalue weighted by Crippen LogP contribution is 2.35. The number of nitrogens with one attached hydrogen (secondary N) is 2. The summed E-state index contributed by atoms with van der Waals surface area (Å²) in [5.74, 6) is 2.45. The molecule has 3 N–H and O–H groups in total. The lowest BCUT2D eigenvalue weighted by atomic mass is 10.2. The van der Waals surface area contributed by atoms with Crippen LogP contribution in [0.2, 0.25) is 0 Å². The maximum atomic E-state index is 9.31. The summed E-state index contributed by atoms with van der Waals surface area (Å²) in [6.45, 7) is 2.06. The van der Waals surface area contributed by atoms with Crippen molar-refractivity contribution in [3.63, 3.8) is 0 Å². The summed E-state index contributed by atoms with van der Waals surface area (Å²) in [5, 5.41) is 15.7. The number of aliphatic hydroxyl groups is 1. The number of benzene rings is 1.